The number of unbranched alkanes of at least 4 members (excludes halogenated alkanes) is 1. The van der Waals surface area contributed by atoms with E-state index in [1.165, 1.54) is 12.0 Å². The lowest BCUT2D eigenvalue weighted by molar-refractivity contribution is -0.143. The Bertz CT molecular complexity index is 1960. The summed E-state index contributed by atoms with van der Waals surface area (Å²) in [6.07, 6.45) is 3.50. The molecular formula is C40H44BrN5O8. The third kappa shape index (κ3) is 9.07. The molecule has 4 aromatic rings. The number of aromatic nitrogens is 2. The average Bonchev–Trinajstić information content (AvgIpc) is 3.79. The van der Waals surface area contributed by atoms with Gasteiger partial charge in [0.2, 0.25) is 5.62 Å². The van der Waals surface area contributed by atoms with Crippen LogP contribution in [0.4, 0.5) is 10.6 Å². The summed E-state index contributed by atoms with van der Waals surface area (Å²) in [4.78, 5) is 49.6. The van der Waals surface area contributed by atoms with Crippen molar-refractivity contribution in [1.29, 1.82) is 0 Å². The SMILES string of the molecule is COC[C@@H]1CC[C@H](n2ccc(N(CO)C(=O)c3ccc(Br)cc3)nc2=NCCCC[C@H](NC(=O)OCC2c3ccccc3-c3ccccc32)C(=O)OC)O1. The molecule has 0 radical (unpaired) electrons. The molecule has 13 nitrogen and oxygen atoms in total. The number of anilines is 1. The number of ether oxygens (including phenoxy) is 4. The van der Waals surface area contributed by atoms with Gasteiger partial charge in [0.15, 0.2) is 0 Å². The monoisotopic (exact) mass is 801 g/mol. The van der Waals surface area contributed by atoms with Crippen LogP contribution in [-0.2, 0) is 23.7 Å². The molecule has 14 heteroatoms. The van der Waals surface area contributed by atoms with Gasteiger partial charge in [0.05, 0.1) is 19.8 Å². The normalized spacial score (nSPS) is 17.1. The van der Waals surface area contributed by atoms with Crippen LogP contribution in [0.2, 0.25) is 0 Å². The number of rotatable bonds is 15. The Morgan fingerprint density at radius 2 is 1.69 bits per heavy atom. The Morgan fingerprint density at radius 3 is 2.35 bits per heavy atom. The van der Waals surface area contributed by atoms with Crippen molar-refractivity contribution in [2.24, 2.45) is 4.99 Å². The zero-order chi connectivity index (χ0) is 38.0. The molecule has 0 unspecified atom stereocenters. The number of aliphatic hydroxyl groups excluding tert-OH is 1. The predicted octanol–water partition coefficient (Wildman–Crippen LogP) is 5.72. The van der Waals surface area contributed by atoms with Crippen LogP contribution in [0.3, 0.4) is 0 Å². The molecule has 2 amide bonds. The van der Waals surface area contributed by atoms with Crippen molar-refractivity contribution < 1.29 is 38.4 Å². The highest BCUT2D eigenvalue weighted by Crippen LogP contribution is 2.44. The molecular weight excluding hydrogens is 758 g/mol. The maximum atomic E-state index is 13.3. The van der Waals surface area contributed by atoms with Crippen molar-refractivity contribution in [3.8, 4) is 11.1 Å². The van der Waals surface area contributed by atoms with Gasteiger partial charge in [0.1, 0.15) is 31.4 Å². The molecule has 1 saturated heterocycles. The Kier molecular flexibility index (Phi) is 13.3. The topological polar surface area (TPSA) is 154 Å². The van der Waals surface area contributed by atoms with E-state index in [-0.39, 0.29) is 30.7 Å². The third-order valence-corrected chi connectivity index (χ3v) is 10.1. The lowest BCUT2D eigenvalue weighted by Crippen LogP contribution is -2.42. The largest absolute Gasteiger partial charge is 0.467 e. The lowest BCUT2D eigenvalue weighted by Gasteiger charge is -2.22. The molecule has 3 atom stereocenters. The summed E-state index contributed by atoms with van der Waals surface area (Å²) >= 11 is 3.38. The smallest absolute Gasteiger partial charge is 0.407 e. The molecule has 1 fully saturated rings. The van der Waals surface area contributed by atoms with E-state index < -0.39 is 30.7 Å². The number of carbonyl (C=O) groups excluding carboxylic acids is 3. The molecule has 0 bridgehead atoms. The van der Waals surface area contributed by atoms with Crippen LogP contribution in [0.15, 0.2) is 94.5 Å². The summed E-state index contributed by atoms with van der Waals surface area (Å²) in [5.41, 5.74) is 5.14. The summed E-state index contributed by atoms with van der Waals surface area (Å²) in [7, 11) is 2.91. The molecule has 54 heavy (non-hydrogen) atoms. The second-order valence-electron chi connectivity index (χ2n) is 13.0. The number of nitrogens with one attached hydrogen (secondary N) is 1. The van der Waals surface area contributed by atoms with Crippen LogP contribution in [-0.4, -0.2) is 85.5 Å². The van der Waals surface area contributed by atoms with E-state index in [1.54, 1.807) is 43.6 Å². The first kappa shape index (κ1) is 38.8. The zero-order valence-corrected chi connectivity index (χ0v) is 31.8. The number of carbonyl (C=O) groups is 3. The number of esters is 1. The number of nitrogens with zero attached hydrogens (tertiary/aromatic N) is 4. The van der Waals surface area contributed by atoms with Crippen LogP contribution in [0.25, 0.3) is 11.1 Å². The molecule has 6 rings (SSSR count). The molecule has 1 aliphatic carbocycles. The first-order valence-corrected chi connectivity index (χ1v) is 18.7. The van der Waals surface area contributed by atoms with Crippen molar-refractivity contribution in [2.45, 2.75) is 56.4 Å². The van der Waals surface area contributed by atoms with Crippen molar-refractivity contribution in [3.63, 3.8) is 0 Å². The predicted molar refractivity (Wildman–Crippen MR) is 204 cm³/mol. The number of hydrogen-bond donors (Lipinski definition) is 2. The number of halogens is 1. The number of fused-ring (bicyclic) bond motifs is 3. The molecule has 0 spiro atoms. The molecule has 1 aromatic heterocycles. The minimum Gasteiger partial charge on any atom is -0.467 e. The number of amides is 2. The second-order valence-corrected chi connectivity index (χ2v) is 14.0. The second kappa shape index (κ2) is 18.4. The Labute approximate surface area is 322 Å². The average molecular weight is 803 g/mol. The van der Waals surface area contributed by atoms with E-state index in [0.717, 1.165) is 33.1 Å². The van der Waals surface area contributed by atoms with Gasteiger partial charge in [0, 0.05) is 35.8 Å². The number of alkyl carbamates (subject to hydrolysis) is 1. The highest BCUT2D eigenvalue weighted by Gasteiger charge is 2.31. The van der Waals surface area contributed by atoms with Crippen molar-refractivity contribution in [1.82, 2.24) is 14.9 Å². The Balaban J connectivity index is 1.10. The van der Waals surface area contributed by atoms with Crippen LogP contribution in [0.5, 0.6) is 0 Å². The van der Waals surface area contributed by atoms with Crippen molar-refractivity contribution in [3.05, 3.63) is 112 Å². The lowest BCUT2D eigenvalue weighted by atomic mass is 9.98. The Morgan fingerprint density at radius 1 is 0.981 bits per heavy atom. The van der Waals surface area contributed by atoms with Gasteiger partial charge in [-0.15, -0.1) is 0 Å². The third-order valence-electron chi connectivity index (χ3n) is 9.61. The fraction of sp³-hybridized carbons (Fsp3) is 0.375. The maximum absolute atomic E-state index is 13.3. The van der Waals surface area contributed by atoms with Crippen LogP contribution < -0.4 is 15.8 Å². The highest BCUT2D eigenvalue weighted by molar-refractivity contribution is 9.10. The van der Waals surface area contributed by atoms with E-state index in [4.69, 9.17) is 28.9 Å². The van der Waals surface area contributed by atoms with Crippen LogP contribution >= 0.6 is 15.9 Å². The fourth-order valence-corrected chi connectivity index (χ4v) is 7.17. The Hall–Kier alpha value is -4.89. The molecule has 2 N–H and O–H groups in total. The minimum atomic E-state index is -0.913. The van der Waals surface area contributed by atoms with Gasteiger partial charge in [-0.05, 0) is 84.7 Å². The summed E-state index contributed by atoms with van der Waals surface area (Å²) in [6.45, 7) is 0.314. The quantitative estimate of drug-likeness (QED) is 0.0874. The summed E-state index contributed by atoms with van der Waals surface area (Å²) in [6, 6.07) is 23.7. The van der Waals surface area contributed by atoms with E-state index in [0.29, 0.717) is 50.0 Å². The number of hydrogen-bond acceptors (Lipinski definition) is 10. The minimum absolute atomic E-state index is 0.0767. The summed E-state index contributed by atoms with van der Waals surface area (Å²) < 4.78 is 24.8. The van der Waals surface area contributed by atoms with Gasteiger partial charge in [-0.2, -0.15) is 4.98 Å². The van der Waals surface area contributed by atoms with Gasteiger partial charge >= 0.3 is 12.1 Å². The molecule has 2 aliphatic rings. The van der Waals surface area contributed by atoms with Gasteiger partial charge in [-0.1, -0.05) is 64.5 Å². The van der Waals surface area contributed by atoms with E-state index in [2.05, 4.69) is 33.4 Å². The van der Waals surface area contributed by atoms with Crippen molar-refractivity contribution >= 4 is 39.7 Å². The number of methoxy groups -OCH3 is 2. The van der Waals surface area contributed by atoms with Gasteiger partial charge < -0.3 is 29.4 Å². The standard InChI is InChI=1S/C40H44BrN5O8/c1-51-23-28-18-19-36(54-28)45-22-20-35(46(25-47)37(48)26-14-16-27(41)17-15-26)44-39(45)42-21-8-7-13-34(38(49)52-2)43-40(50)53-24-33-31-11-5-3-9-29(31)30-10-4-6-12-32(30)33/h3-6,9-12,14-17,20,22,28,33-34,36,47H,7-8,13,18-19,21,23-25H2,1-2H3,(H,43,50)/t28-,34-,36+/m0/s1. The van der Waals surface area contributed by atoms with Crippen LogP contribution in [0, 0.1) is 0 Å². The molecule has 284 valence electrons. The molecule has 3 aromatic carbocycles. The molecule has 2 heterocycles. The first-order valence-electron chi connectivity index (χ1n) is 17.9. The van der Waals surface area contributed by atoms with E-state index >= 15 is 0 Å². The maximum Gasteiger partial charge on any atom is 0.407 e. The van der Waals surface area contributed by atoms with Crippen LogP contribution in [0.1, 0.15) is 65.7 Å². The highest BCUT2D eigenvalue weighted by atomic mass is 79.9. The number of benzene rings is 3. The van der Waals surface area contributed by atoms with Gasteiger partial charge in [0.25, 0.3) is 5.91 Å². The number of aliphatic hydroxyl groups is 1. The van der Waals surface area contributed by atoms with E-state index in [1.807, 2.05) is 41.0 Å². The first-order chi connectivity index (χ1) is 26.3. The zero-order valence-electron chi connectivity index (χ0n) is 30.2. The fourth-order valence-electron chi connectivity index (χ4n) is 6.90. The summed E-state index contributed by atoms with van der Waals surface area (Å²) in [5.74, 6) is -0.877. The molecule has 0 saturated carbocycles. The van der Waals surface area contributed by atoms with Gasteiger partial charge in [-0.3, -0.25) is 19.3 Å². The molecule has 1 aliphatic heterocycles. The van der Waals surface area contributed by atoms with E-state index in [9.17, 15) is 19.5 Å². The summed E-state index contributed by atoms with van der Waals surface area (Å²) in [5, 5.41) is 12.9. The van der Waals surface area contributed by atoms with Crippen molar-refractivity contribution in [2.75, 3.05) is 45.6 Å². The van der Waals surface area contributed by atoms with Gasteiger partial charge in [-0.25, -0.2) is 9.59 Å².